The summed E-state index contributed by atoms with van der Waals surface area (Å²) in [5.74, 6) is 1.51. The van der Waals surface area contributed by atoms with Crippen LogP contribution in [0.15, 0.2) is 48.5 Å². The molecule has 142 valence electrons. The van der Waals surface area contributed by atoms with Gasteiger partial charge < -0.3 is 14.4 Å². The minimum Gasteiger partial charge on any atom is -0.486 e. The molecule has 3 heterocycles. The first kappa shape index (κ1) is 17.3. The van der Waals surface area contributed by atoms with Crippen molar-refractivity contribution in [3.63, 3.8) is 0 Å². The Morgan fingerprint density at radius 3 is 2.89 bits per heavy atom. The molecule has 3 aromatic rings. The Balaban J connectivity index is 1.34. The van der Waals surface area contributed by atoms with E-state index < -0.39 is 0 Å². The van der Waals surface area contributed by atoms with Gasteiger partial charge in [0.05, 0.1) is 16.3 Å². The van der Waals surface area contributed by atoms with Crippen LogP contribution in [-0.2, 0) is 4.79 Å². The molecule has 2 aliphatic heterocycles. The van der Waals surface area contributed by atoms with Gasteiger partial charge >= 0.3 is 0 Å². The third kappa shape index (κ3) is 3.24. The van der Waals surface area contributed by atoms with Crippen LogP contribution >= 0.6 is 11.3 Å². The number of para-hydroxylation sites is 1. The van der Waals surface area contributed by atoms with Crippen LogP contribution in [0.2, 0.25) is 0 Å². The normalized spacial score (nSPS) is 18.9. The van der Waals surface area contributed by atoms with Crippen molar-refractivity contribution in [1.29, 1.82) is 0 Å². The lowest BCUT2D eigenvalue weighted by Gasteiger charge is -2.21. The average Bonchev–Trinajstić information content (AvgIpc) is 3.38. The third-order valence-corrected chi connectivity index (χ3v) is 6.25. The van der Waals surface area contributed by atoms with E-state index in [9.17, 15) is 4.79 Å². The van der Waals surface area contributed by atoms with Crippen molar-refractivity contribution in [3.8, 4) is 11.5 Å². The summed E-state index contributed by atoms with van der Waals surface area (Å²) in [6, 6.07) is 13.9. The lowest BCUT2D eigenvalue weighted by molar-refractivity contribution is -0.126. The van der Waals surface area contributed by atoms with Gasteiger partial charge in [0.2, 0.25) is 5.91 Å². The zero-order valence-corrected chi connectivity index (χ0v) is 16.2. The number of carbonyl (C=O) groups excluding carboxylic acids is 1. The summed E-state index contributed by atoms with van der Waals surface area (Å²) < 4.78 is 12.3. The topological polar surface area (TPSA) is 51.7 Å². The van der Waals surface area contributed by atoms with Crippen LogP contribution in [0.5, 0.6) is 11.5 Å². The fraction of sp³-hybridized carbons (Fsp3) is 0.273. The summed E-state index contributed by atoms with van der Waals surface area (Å²) in [7, 11) is 0. The van der Waals surface area contributed by atoms with Gasteiger partial charge in [0.1, 0.15) is 18.2 Å². The fourth-order valence-corrected chi connectivity index (χ4v) is 4.86. The number of rotatable bonds is 3. The highest BCUT2D eigenvalue weighted by atomic mass is 32.1. The van der Waals surface area contributed by atoms with Crippen molar-refractivity contribution in [1.82, 2.24) is 9.88 Å². The van der Waals surface area contributed by atoms with Crippen molar-refractivity contribution >= 4 is 33.5 Å². The number of fused-ring (bicyclic) bond motifs is 2. The zero-order valence-electron chi connectivity index (χ0n) is 15.3. The molecule has 0 N–H and O–H groups in total. The Kier molecular flexibility index (Phi) is 4.49. The molecule has 1 saturated heterocycles. The van der Waals surface area contributed by atoms with E-state index in [0.29, 0.717) is 13.2 Å². The van der Waals surface area contributed by atoms with E-state index in [1.165, 1.54) is 4.70 Å². The van der Waals surface area contributed by atoms with E-state index in [-0.39, 0.29) is 11.9 Å². The van der Waals surface area contributed by atoms with E-state index >= 15 is 0 Å². The molecule has 1 fully saturated rings. The van der Waals surface area contributed by atoms with Gasteiger partial charge in [-0.2, -0.15) is 0 Å². The first-order valence-electron chi connectivity index (χ1n) is 9.52. The SMILES string of the molecule is O=C(/C=C\c1ccc2c(c1)OCCO2)N1CCC[C@@H]1c1nc2ccccc2s1. The summed E-state index contributed by atoms with van der Waals surface area (Å²) in [6.07, 6.45) is 5.46. The molecule has 1 amide bonds. The number of hydrogen-bond acceptors (Lipinski definition) is 5. The number of nitrogens with zero attached hydrogens (tertiary/aromatic N) is 2. The van der Waals surface area contributed by atoms with Crippen LogP contribution in [0.4, 0.5) is 0 Å². The molecule has 0 saturated carbocycles. The van der Waals surface area contributed by atoms with Gasteiger partial charge in [0.25, 0.3) is 0 Å². The Bertz CT molecular complexity index is 1030. The Labute approximate surface area is 167 Å². The van der Waals surface area contributed by atoms with Crippen molar-refractivity contribution in [2.24, 2.45) is 0 Å². The summed E-state index contributed by atoms with van der Waals surface area (Å²) in [4.78, 5) is 19.6. The number of likely N-dealkylation sites (tertiary alicyclic amines) is 1. The maximum atomic E-state index is 12.9. The molecule has 2 aliphatic rings. The maximum Gasteiger partial charge on any atom is 0.247 e. The van der Waals surface area contributed by atoms with Crippen LogP contribution < -0.4 is 9.47 Å². The van der Waals surface area contributed by atoms with E-state index in [0.717, 1.165) is 47.0 Å². The van der Waals surface area contributed by atoms with E-state index in [1.54, 1.807) is 17.4 Å². The molecule has 0 aliphatic carbocycles. The van der Waals surface area contributed by atoms with E-state index in [2.05, 4.69) is 6.07 Å². The number of amides is 1. The molecule has 28 heavy (non-hydrogen) atoms. The van der Waals surface area contributed by atoms with Crippen molar-refractivity contribution in [2.75, 3.05) is 19.8 Å². The largest absolute Gasteiger partial charge is 0.486 e. The average molecular weight is 392 g/mol. The highest BCUT2D eigenvalue weighted by Crippen LogP contribution is 2.37. The van der Waals surface area contributed by atoms with Crippen LogP contribution in [0.1, 0.15) is 29.5 Å². The van der Waals surface area contributed by atoms with Gasteiger partial charge in [-0.25, -0.2) is 4.98 Å². The monoisotopic (exact) mass is 392 g/mol. The molecule has 0 radical (unpaired) electrons. The lowest BCUT2D eigenvalue weighted by atomic mass is 10.1. The molecular formula is C22H20N2O3S. The van der Waals surface area contributed by atoms with Crippen LogP contribution in [0, 0.1) is 0 Å². The molecule has 6 heteroatoms. The van der Waals surface area contributed by atoms with E-state index in [1.807, 2.05) is 47.4 Å². The maximum absolute atomic E-state index is 12.9. The van der Waals surface area contributed by atoms with Gasteiger partial charge in [-0.1, -0.05) is 18.2 Å². The van der Waals surface area contributed by atoms with Crippen molar-refractivity contribution in [3.05, 3.63) is 59.1 Å². The highest BCUT2D eigenvalue weighted by Gasteiger charge is 2.31. The smallest absolute Gasteiger partial charge is 0.247 e. The van der Waals surface area contributed by atoms with Crippen LogP contribution in [0.25, 0.3) is 16.3 Å². The van der Waals surface area contributed by atoms with Crippen molar-refractivity contribution in [2.45, 2.75) is 18.9 Å². The number of carbonyl (C=O) groups is 1. The summed E-state index contributed by atoms with van der Waals surface area (Å²) in [5, 5.41) is 1.03. The zero-order chi connectivity index (χ0) is 18.9. The number of aromatic nitrogens is 1. The molecule has 0 spiro atoms. The predicted octanol–water partition coefficient (Wildman–Crippen LogP) is 4.44. The first-order chi connectivity index (χ1) is 13.8. The van der Waals surface area contributed by atoms with Crippen LogP contribution in [-0.4, -0.2) is 35.5 Å². The summed E-state index contributed by atoms with van der Waals surface area (Å²) in [5.41, 5.74) is 1.93. The van der Waals surface area contributed by atoms with Gasteiger partial charge in [-0.3, -0.25) is 4.79 Å². The molecule has 5 rings (SSSR count). The second-order valence-electron chi connectivity index (χ2n) is 6.95. The number of benzene rings is 2. The van der Waals surface area contributed by atoms with Crippen molar-refractivity contribution < 1.29 is 14.3 Å². The second-order valence-corrected chi connectivity index (χ2v) is 8.01. The highest BCUT2D eigenvalue weighted by molar-refractivity contribution is 7.18. The first-order valence-corrected chi connectivity index (χ1v) is 10.3. The minimum absolute atomic E-state index is 0.0247. The number of thiazole rings is 1. The Hall–Kier alpha value is -2.86. The molecule has 1 aromatic heterocycles. The van der Waals surface area contributed by atoms with Gasteiger partial charge in [-0.05, 0) is 48.7 Å². The predicted molar refractivity (Wildman–Crippen MR) is 110 cm³/mol. The third-order valence-electron chi connectivity index (χ3n) is 5.12. The quantitative estimate of drug-likeness (QED) is 0.618. The summed E-state index contributed by atoms with van der Waals surface area (Å²) >= 11 is 1.69. The standard InChI is InChI=1S/C22H20N2O3S/c25-21(10-8-15-7-9-18-19(14-15)27-13-12-26-18)24-11-3-5-17(24)22-23-16-4-1-2-6-20(16)28-22/h1-2,4,6-10,14,17H,3,5,11-13H2/b10-8-/t17-/m1/s1. The van der Waals surface area contributed by atoms with Gasteiger partial charge in [0, 0.05) is 12.6 Å². The molecule has 2 aromatic carbocycles. The van der Waals surface area contributed by atoms with E-state index in [4.69, 9.17) is 14.5 Å². The van der Waals surface area contributed by atoms with Crippen LogP contribution in [0.3, 0.4) is 0 Å². The number of ether oxygens (including phenoxy) is 2. The molecule has 0 bridgehead atoms. The lowest BCUT2D eigenvalue weighted by Crippen LogP contribution is -2.28. The molecular weight excluding hydrogens is 372 g/mol. The Morgan fingerprint density at radius 2 is 2.00 bits per heavy atom. The second kappa shape index (κ2) is 7.28. The molecule has 5 nitrogen and oxygen atoms in total. The number of hydrogen-bond donors (Lipinski definition) is 0. The molecule has 1 atom stereocenters. The molecule has 0 unspecified atom stereocenters. The summed E-state index contributed by atoms with van der Waals surface area (Å²) in [6.45, 7) is 1.89. The Morgan fingerprint density at radius 1 is 1.14 bits per heavy atom. The van der Waals surface area contributed by atoms with Gasteiger partial charge in [-0.15, -0.1) is 11.3 Å². The van der Waals surface area contributed by atoms with Gasteiger partial charge in [0.15, 0.2) is 11.5 Å². The minimum atomic E-state index is 0.0247. The fourth-order valence-electron chi connectivity index (χ4n) is 3.75.